The lowest BCUT2D eigenvalue weighted by atomic mass is 9.99. The van der Waals surface area contributed by atoms with E-state index in [2.05, 4.69) is 30.5 Å². The number of furan rings is 1. The molecule has 0 unspecified atom stereocenters. The predicted octanol–water partition coefficient (Wildman–Crippen LogP) is 5.49. The minimum absolute atomic E-state index is 0.175. The van der Waals surface area contributed by atoms with Crippen molar-refractivity contribution >= 4 is 16.9 Å². The molecule has 6 nitrogen and oxygen atoms in total. The number of benzene rings is 2. The first-order valence-electron chi connectivity index (χ1n) is 11.0. The molecule has 1 amide bonds. The maximum absolute atomic E-state index is 12.6. The number of nitrogens with zero attached hydrogens (tertiary/aromatic N) is 3. The van der Waals surface area contributed by atoms with E-state index in [9.17, 15) is 4.79 Å². The second-order valence-electron chi connectivity index (χ2n) is 8.03. The summed E-state index contributed by atoms with van der Waals surface area (Å²) in [6.45, 7) is 5.94. The number of aromatic nitrogens is 2. The minimum Gasteiger partial charge on any atom is -0.492 e. The Morgan fingerprint density at radius 2 is 1.91 bits per heavy atom. The van der Waals surface area contributed by atoms with Crippen LogP contribution in [-0.4, -0.2) is 34.0 Å². The topological polar surface area (TPSA) is 60.5 Å². The molecule has 0 saturated heterocycles. The molecule has 4 aromatic rings. The van der Waals surface area contributed by atoms with Gasteiger partial charge in [0.05, 0.1) is 30.4 Å². The molecule has 166 valence electrons. The molecule has 0 aliphatic heterocycles. The summed E-state index contributed by atoms with van der Waals surface area (Å²) in [6, 6.07) is 19.7. The molecule has 0 spiro atoms. The van der Waals surface area contributed by atoms with E-state index < -0.39 is 0 Å². The minimum atomic E-state index is -0.175. The van der Waals surface area contributed by atoms with Gasteiger partial charge in [0, 0.05) is 7.05 Å². The molecule has 0 N–H and O–H groups in total. The van der Waals surface area contributed by atoms with Gasteiger partial charge in [0.2, 0.25) is 0 Å². The molecule has 0 radical (unpaired) electrons. The van der Waals surface area contributed by atoms with Crippen LogP contribution in [0.4, 0.5) is 0 Å². The van der Waals surface area contributed by atoms with Gasteiger partial charge in [-0.2, -0.15) is 0 Å². The summed E-state index contributed by atoms with van der Waals surface area (Å²) in [5, 5.41) is 0. The summed E-state index contributed by atoms with van der Waals surface area (Å²) in [5.74, 6) is 2.35. The zero-order valence-corrected chi connectivity index (χ0v) is 18.8. The van der Waals surface area contributed by atoms with E-state index in [1.54, 1.807) is 24.1 Å². The van der Waals surface area contributed by atoms with Crippen LogP contribution < -0.4 is 4.74 Å². The van der Waals surface area contributed by atoms with Crippen LogP contribution in [0.3, 0.4) is 0 Å². The molecule has 0 fully saturated rings. The lowest BCUT2D eigenvalue weighted by Gasteiger charge is -2.17. The van der Waals surface area contributed by atoms with E-state index in [0.29, 0.717) is 31.4 Å². The normalized spacial score (nSPS) is 12.1. The number of rotatable bonds is 9. The van der Waals surface area contributed by atoms with Gasteiger partial charge in [-0.25, -0.2) is 4.98 Å². The van der Waals surface area contributed by atoms with Crippen molar-refractivity contribution in [2.24, 2.45) is 0 Å². The summed E-state index contributed by atoms with van der Waals surface area (Å²) in [7, 11) is 1.75. The molecule has 4 rings (SSSR count). The first kappa shape index (κ1) is 21.7. The van der Waals surface area contributed by atoms with Crippen molar-refractivity contribution in [3.8, 4) is 5.75 Å². The van der Waals surface area contributed by atoms with Crippen molar-refractivity contribution in [2.75, 3.05) is 13.7 Å². The van der Waals surface area contributed by atoms with Gasteiger partial charge < -0.3 is 18.6 Å². The predicted molar refractivity (Wildman–Crippen MR) is 125 cm³/mol. The van der Waals surface area contributed by atoms with Crippen LogP contribution in [0.15, 0.2) is 71.3 Å². The molecule has 2 aromatic heterocycles. The maximum Gasteiger partial charge on any atom is 0.289 e. The monoisotopic (exact) mass is 431 g/mol. The Bertz CT molecular complexity index is 1160. The second-order valence-corrected chi connectivity index (χ2v) is 8.03. The zero-order valence-electron chi connectivity index (χ0n) is 18.8. The average molecular weight is 432 g/mol. The lowest BCUT2D eigenvalue weighted by molar-refractivity contribution is 0.0748. The Morgan fingerprint density at radius 1 is 1.12 bits per heavy atom. The number of carbonyl (C=O) groups excluding carboxylic acids is 1. The number of para-hydroxylation sites is 2. The Labute approximate surface area is 188 Å². The second kappa shape index (κ2) is 9.73. The highest BCUT2D eigenvalue weighted by Crippen LogP contribution is 2.22. The van der Waals surface area contributed by atoms with Crippen molar-refractivity contribution in [1.29, 1.82) is 0 Å². The van der Waals surface area contributed by atoms with Crippen LogP contribution in [-0.2, 0) is 13.1 Å². The Hall–Kier alpha value is -3.54. The van der Waals surface area contributed by atoms with Crippen molar-refractivity contribution in [2.45, 2.75) is 39.3 Å². The Balaban J connectivity index is 1.47. The number of imidazole rings is 1. The summed E-state index contributed by atoms with van der Waals surface area (Å²) < 4.78 is 13.4. The third kappa shape index (κ3) is 4.69. The number of fused-ring (bicyclic) bond motifs is 1. The van der Waals surface area contributed by atoms with E-state index >= 15 is 0 Å². The number of hydrogen-bond donors (Lipinski definition) is 0. The molecule has 2 heterocycles. The summed E-state index contributed by atoms with van der Waals surface area (Å²) in [4.78, 5) is 19.0. The number of amides is 1. The van der Waals surface area contributed by atoms with Crippen LogP contribution in [0.1, 0.15) is 48.1 Å². The molecule has 1 atom stereocenters. The van der Waals surface area contributed by atoms with E-state index in [4.69, 9.17) is 14.1 Å². The molecule has 0 aliphatic rings. The van der Waals surface area contributed by atoms with Gasteiger partial charge in [-0.05, 0) is 54.3 Å². The Morgan fingerprint density at radius 3 is 2.62 bits per heavy atom. The first-order chi connectivity index (χ1) is 15.6. The fourth-order valence-corrected chi connectivity index (χ4v) is 3.75. The first-order valence-corrected chi connectivity index (χ1v) is 11.0. The third-order valence-electron chi connectivity index (χ3n) is 5.84. The summed E-state index contributed by atoms with van der Waals surface area (Å²) in [6.07, 6.45) is 2.62. The van der Waals surface area contributed by atoms with E-state index in [0.717, 1.165) is 29.0 Å². The number of ether oxygens (including phenoxy) is 1. The summed E-state index contributed by atoms with van der Waals surface area (Å²) >= 11 is 0. The van der Waals surface area contributed by atoms with Crippen LogP contribution in [0.25, 0.3) is 11.0 Å². The fraction of sp³-hybridized carbons (Fsp3) is 0.308. The number of carbonyl (C=O) groups is 1. The quantitative estimate of drug-likeness (QED) is 0.351. The maximum atomic E-state index is 12.6. The molecule has 0 aliphatic carbocycles. The highest BCUT2D eigenvalue weighted by Gasteiger charge is 2.18. The van der Waals surface area contributed by atoms with Gasteiger partial charge in [-0.3, -0.25) is 4.79 Å². The standard InChI is InChI=1S/C26H29N3O3/c1-4-19(2)20-11-13-21(14-12-20)31-17-15-29-23-9-6-5-8-22(23)27-25(29)18-28(3)26(30)24-10-7-16-32-24/h5-14,16,19H,4,15,17-18H2,1-3H3/t19-/m0/s1. The van der Waals surface area contributed by atoms with Crippen LogP contribution in [0.5, 0.6) is 5.75 Å². The third-order valence-corrected chi connectivity index (χ3v) is 5.84. The molecule has 32 heavy (non-hydrogen) atoms. The highest BCUT2D eigenvalue weighted by atomic mass is 16.5. The van der Waals surface area contributed by atoms with Gasteiger partial charge in [0.15, 0.2) is 5.76 Å². The van der Waals surface area contributed by atoms with E-state index in [1.807, 2.05) is 36.4 Å². The van der Waals surface area contributed by atoms with Crippen LogP contribution >= 0.6 is 0 Å². The molecular weight excluding hydrogens is 402 g/mol. The van der Waals surface area contributed by atoms with Gasteiger partial charge in [0.1, 0.15) is 18.2 Å². The van der Waals surface area contributed by atoms with Crippen molar-refractivity contribution in [1.82, 2.24) is 14.5 Å². The molecule has 6 heteroatoms. The molecule has 0 bridgehead atoms. The highest BCUT2D eigenvalue weighted by molar-refractivity contribution is 5.91. The smallest absolute Gasteiger partial charge is 0.289 e. The van der Waals surface area contributed by atoms with Gasteiger partial charge >= 0.3 is 0 Å². The van der Waals surface area contributed by atoms with Crippen LogP contribution in [0, 0.1) is 0 Å². The SMILES string of the molecule is CC[C@H](C)c1ccc(OCCn2c(CN(C)C(=O)c3ccco3)nc3ccccc32)cc1. The van der Waals surface area contributed by atoms with Crippen molar-refractivity contribution in [3.63, 3.8) is 0 Å². The van der Waals surface area contributed by atoms with Crippen molar-refractivity contribution < 1.29 is 13.9 Å². The van der Waals surface area contributed by atoms with Gasteiger partial charge in [-0.1, -0.05) is 38.1 Å². The van der Waals surface area contributed by atoms with E-state index in [1.165, 1.54) is 11.8 Å². The molecular formula is C26H29N3O3. The summed E-state index contributed by atoms with van der Waals surface area (Å²) in [5.41, 5.74) is 3.25. The molecule has 2 aromatic carbocycles. The van der Waals surface area contributed by atoms with E-state index in [-0.39, 0.29) is 5.91 Å². The van der Waals surface area contributed by atoms with Gasteiger partial charge in [-0.15, -0.1) is 0 Å². The largest absolute Gasteiger partial charge is 0.492 e. The Kier molecular flexibility index (Phi) is 6.59. The van der Waals surface area contributed by atoms with Crippen LogP contribution in [0.2, 0.25) is 0 Å². The fourth-order valence-electron chi connectivity index (χ4n) is 3.75. The van der Waals surface area contributed by atoms with Gasteiger partial charge in [0.25, 0.3) is 5.91 Å². The number of hydrogen-bond acceptors (Lipinski definition) is 4. The molecule has 0 saturated carbocycles. The van der Waals surface area contributed by atoms with Crippen molar-refractivity contribution in [3.05, 3.63) is 84.1 Å². The average Bonchev–Trinajstić information content (AvgIpc) is 3.47. The lowest BCUT2D eigenvalue weighted by Crippen LogP contribution is -2.27. The zero-order chi connectivity index (χ0) is 22.5.